The third kappa shape index (κ3) is 4.91. The maximum Gasteiger partial charge on any atom is 0.301 e. The summed E-state index contributed by atoms with van der Waals surface area (Å²) in [5.41, 5.74) is 2.71. The minimum Gasteiger partial charge on any atom is -0.507 e. The van der Waals surface area contributed by atoms with Crippen molar-refractivity contribution in [2.45, 2.75) is 45.3 Å². The molecule has 1 aromatic heterocycles. The number of aliphatic hydroxyl groups is 1. The molecule has 0 aliphatic carbocycles. The van der Waals surface area contributed by atoms with Crippen molar-refractivity contribution in [3.05, 3.63) is 82.9 Å². The summed E-state index contributed by atoms with van der Waals surface area (Å²) in [5, 5.41) is 12.0. The number of Topliss-reactive ketones (excluding diaryl/α,β-unsaturated/α-hetero) is 1. The molecule has 6 rings (SSSR count). The number of hydrogen-bond donors (Lipinski definition) is 1. The first-order valence-corrected chi connectivity index (χ1v) is 14.5. The molecule has 1 amide bonds. The molecule has 1 saturated heterocycles. The molecule has 2 atom stereocenters. The molecule has 4 aromatic rings. The van der Waals surface area contributed by atoms with E-state index < -0.39 is 17.7 Å². The van der Waals surface area contributed by atoms with Gasteiger partial charge >= 0.3 is 5.91 Å². The summed E-state index contributed by atoms with van der Waals surface area (Å²) in [6.45, 7) is 4.62. The van der Waals surface area contributed by atoms with Crippen LogP contribution in [0.25, 0.3) is 16.0 Å². The van der Waals surface area contributed by atoms with Gasteiger partial charge in [0.25, 0.3) is 5.78 Å². The maximum atomic E-state index is 13.7. The number of amides is 1. The van der Waals surface area contributed by atoms with E-state index in [1.807, 2.05) is 49.4 Å². The number of benzene rings is 3. The number of rotatable bonds is 8. The van der Waals surface area contributed by atoms with E-state index >= 15 is 0 Å². The molecule has 41 heavy (non-hydrogen) atoms. The standard InChI is InChI=1S/C32H30N2O6S/c1-4-5-13-39-23-8-6-7-19(16-23)28-27(29(35)20-9-12-25-21(15-20)14-18(2)40-25)30(36)31(37)34(28)32-33-24-11-10-22(38-3)17-26(24)41-32/h6-12,15-18,28,35H,4-5,13-14H2,1-3H3/t18-,28-/m0/s1. The van der Waals surface area contributed by atoms with Gasteiger partial charge in [0, 0.05) is 12.0 Å². The number of fused-ring (bicyclic) bond motifs is 2. The summed E-state index contributed by atoms with van der Waals surface area (Å²) in [6, 6.07) is 17.2. The smallest absolute Gasteiger partial charge is 0.301 e. The van der Waals surface area contributed by atoms with Crippen molar-refractivity contribution in [1.29, 1.82) is 0 Å². The predicted octanol–water partition coefficient (Wildman–Crippen LogP) is 6.43. The van der Waals surface area contributed by atoms with Crippen LogP contribution in [0.3, 0.4) is 0 Å². The number of ketones is 1. The molecule has 2 aliphatic rings. The number of aliphatic hydroxyl groups excluding tert-OH is 1. The summed E-state index contributed by atoms with van der Waals surface area (Å²) in [4.78, 5) is 33.4. The maximum absolute atomic E-state index is 13.7. The molecule has 3 aromatic carbocycles. The second-order valence-corrected chi connectivity index (χ2v) is 11.2. The number of aromatic nitrogens is 1. The third-order valence-electron chi connectivity index (χ3n) is 7.34. The Bertz CT molecular complexity index is 1690. The van der Waals surface area contributed by atoms with Crippen molar-refractivity contribution >= 4 is 44.1 Å². The van der Waals surface area contributed by atoms with E-state index in [4.69, 9.17) is 19.2 Å². The molecule has 2 aliphatic heterocycles. The topological polar surface area (TPSA) is 98.2 Å². The van der Waals surface area contributed by atoms with E-state index in [1.165, 1.54) is 16.2 Å². The lowest BCUT2D eigenvalue weighted by Crippen LogP contribution is -2.29. The van der Waals surface area contributed by atoms with Gasteiger partial charge in [0.2, 0.25) is 0 Å². The van der Waals surface area contributed by atoms with E-state index in [0.29, 0.717) is 46.3 Å². The summed E-state index contributed by atoms with van der Waals surface area (Å²) in [5.74, 6) is 0.285. The number of nitrogens with zero attached hydrogens (tertiary/aromatic N) is 2. The Kier molecular flexibility index (Phi) is 7.13. The van der Waals surface area contributed by atoms with Gasteiger partial charge < -0.3 is 19.3 Å². The Morgan fingerprint density at radius 2 is 1.98 bits per heavy atom. The Balaban J connectivity index is 1.49. The average Bonchev–Trinajstić information content (AvgIpc) is 3.64. The zero-order valence-corrected chi connectivity index (χ0v) is 23.9. The zero-order valence-electron chi connectivity index (χ0n) is 23.0. The highest BCUT2D eigenvalue weighted by atomic mass is 32.1. The first-order chi connectivity index (χ1) is 19.9. The number of hydrogen-bond acceptors (Lipinski definition) is 8. The molecular formula is C32H30N2O6S. The van der Waals surface area contributed by atoms with E-state index in [2.05, 4.69) is 6.92 Å². The summed E-state index contributed by atoms with van der Waals surface area (Å²) >= 11 is 1.29. The second-order valence-electron chi connectivity index (χ2n) is 10.2. The minimum atomic E-state index is -0.907. The zero-order chi connectivity index (χ0) is 28.7. The van der Waals surface area contributed by atoms with Crippen molar-refractivity contribution < 1.29 is 28.9 Å². The van der Waals surface area contributed by atoms with Crippen LogP contribution >= 0.6 is 11.3 Å². The van der Waals surface area contributed by atoms with Crippen LogP contribution in [0.2, 0.25) is 0 Å². The molecule has 0 unspecified atom stereocenters. The number of carbonyl (C=O) groups excluding carboxylic acids is 2. The SMILES string of the molecule is CCCCOc1cccc([C@H]2C(=C(O)c3ccc4c(c3)C[C@H](C)O4)C(=O)C(=O)N2c2nc3ccc(OC)cc3s2)c1. The Labute approximate surface area is 241 Å². The van der Waals surface area contributed by atoms with Crippen LogP contribution in [0.1, 0.15) is 49.4 Å². The van der Waals surface area contributed by atoms with Crippen molar-refractivity contribution in [3.63, 3.8) is 0 Å². The fourth-order valence-corrected chi connectivity index (χ4v) is 6.32. The van der Waals surface area contributed by atoms with Gasteiger partial charge in [-0.15, -0.1) is 0 Å². The molecule has 9 heteroatoms. The predicted molar refractivity (Wildman–Crippen MR) is 158 cm³/mol. The Morgan fingerprint density at radius 3 is 2.78 bits per heavy atom. The van der Waals surface area contributed by atoms with Crippen molar-refractivity contribution in [1.82, 2.24) is 4.98 Å². The van der Waals surface area contributed by atoms with E-state index in [9.17, 15) is 14.7 Å². The highest BCUT2D eigenvalue weighted by molar-refractivity contribution is 7.22. The summed E-state index contributed by atoms with van der Waals surface area (Å²) in [6.07, 6.45) is 2.62. The van der Waals surface area contributed by atoms with Gasteiger partial charge in [-0.3, -0.25) is 14.5 Å². The fraction of sp³-hybridized carbons (Fsp3) is 0.281. The van der Waals surface area contributed by atoms with Crippen LogP contribution in [0.5, 0.6) is 17.2 Å². The normalized spacial score (nSPS) is 19.4. The van der Waals surface area contributed by atoms with Crippen LogP contribution in [0.15, 0.2) is 66.2 Å². The Hall–Kier alpha value is -4.37. The molecule has 3 heterocycles. The van der Waals surface area contributed by atoms with Gasteiger partial charge in [-0.2, -0.15) is 0 Å². The van der Waals surface area contributed by atoms with E-state index in [1.54, 1.807) is 25.3 Å². The number of methoxy groups -OCH3 is 1. The molecule has 1 fully saturated rings. The lowest BCUT2D eigenvalue weighted by atomic mass is 9.94. The summed E-state index contributed by atoms with van der Waals surface area (Å²) < 4.78 is 17.9. The highest BCUT2D eigenvalue weighted by Gasteiger charge is 2.48. The van der Waals surface area contributed by atoms with Crippen LogP contribution < -0.4 is 19.1 Å². The quantitative estimate of drug-likeness (QED) is 0.113. The second kappa shape index (κ2) is 10.9. The van der Waals surface area contributed by atoms with Gasteiger partial charge in [0.15, 0.2) is 5.13 Å². The van der Waals surface area contributed by atoms with Crippen LogP contribution in [-0.4, -0.2) is 41.6 Å². The Morgan fingerprint density at radius 1 is 1.12 bits per heavy atom. The molecule has 1 N–H and O–H groups in total. The molecule has 0 spiro atoms. The van der Waals surface area contributed by atoms with Gasteiger partial charge in [0.05, 0.1) is 35.5 Å². The lowest BCUT2D eigenvalue weighted by molar-refractivity contribution is -0.132. The molecule has 0 radical (unpaired) electrons. The molecular weight excluding hydrogens is 540 g/mol. The van der Waals surface area contributed by atoms with Crippen molar-refractivity contribution in [2.24, 2.45) is 0 Å². The number of anilines is 1. The number of ether oxygens (including phenoxy) is 3. The first-order valence-electron chi connectivity index (χ1n) is 13.7. The van der Waals surface area contributed by atoms with E-state index in [0.717, 1.165) is 28.9 Å². The minimum absolute atomic E-state index is 0.00413. The average molecular weight is 571 g/mol. The first kappa shape index (κ1) is 26.8. The van der Waals surface area contributed by atoms with Crippen LogP contribution in [-0.2, 0) is 16.0 Å². The lowest BCUT2D eigenvalue weighted by Gasteiger charge is -2.23. The van der Waals surface area contributed by atoms with Gasteiger partial charge in [-0.25, -0.2) is 4.98 Å². The fourth-order valence-electron chi connectivity index (χ4n) is 5.30. The van der Waals surface area contributed by atoms with Gasteiger partial charge in [-0.1, -0.05) is 36.8 Å². The van der Waals surface area contributed by atoms with Gasteiger partial charge in [-0.05, 0) is 73.0 Å². The molecule has 8 nitrogen and oxygen atoms in total. The van der Waals surface area contributed by atoms with Crippen molar-refractivity contribution in [2.75, 3.05) is 18.6 Å². The van der Waals surface area contributed by atoms with Crippen LogP contribution in [0.4, 0.5) is 5.13 Å². The number of thiazole rings is 1. The third-order valence-corrected chi connectivity index (χ3v) is 8.36. The molecule has 0 bridgehead atoms. The number of unbranched alkanes of at least 4 members (excludes halogenated alkanes) is 1. The van der Waals surface area contributed by atoms with Crippen LogP contribution in [0, 0.1) is 0 Å². The van der Waals surface area contributed by atoms with Crippen molar-refractivity contribution in [3.8, 4) is 17.2 Å². The highest BCUT2D eigenvalue weighted by Crippen LogP contribution is 2.45. The van der Waals surface area contributed by atoms with E-state index in [-0.39, 0.29) is 17.4 Å². The molecule has 210 valence electrons. The largest absolute Gasteiger partial charge is 0.507 e. The molecule has 0 saturated carbocycles. The summed E-state index contributed by atoms with van der Waals surface area (Å²) in [7, 11) is 1.59. The van der Waals surface area contributed by atoms with Gasteiger partial charge in [0.1, 0.15) is 29.1 Å². The number of carbonyl (C=O) groups is 2. The monoisotopic (exact) mass is 570 g/mol.